The molecule has 2 amide bonds. The number of carbonyl (C=O) groups excluding carboxylic acids is 1. The third kappa shape index (κ3) is 4.45. The normalized spacial score (nSPS) is 18.1. The summed E-state index contributed by atoms with van der Waals surface area (Å²) in [4.78, 5) is 13.8. The van der Waals surface area contributed by atoms with E-state index in [0.717, 1.165) is 0 Å². The fraction of sp³-hybridized carbons (Fsp3) is 0.588. The lowest BCUT2D eigenvalue weighted by atomic mass is 10.00. The Hall–Kier alpha value is -1.59. The standard InChI is InChI=1S/C17H26N2O3/c1-12-7-13(2)16(14(3)8-12)9-18-17(20)19(4)10-15-11-21-5-6-22-15/h7-8,15H,5-6,9-11H2,1-4H3,(H,18,20). The van der Waals surface area contributed by atoms with E-state index < -0.39 is 0 Å². The first kappa shape index (κ1) is 16.8. The zero-order valence-electron chi connectivity index (χ0n) is 13.9. The maximum absolute atomic E-state index is 12.2. The number of hydrogen-bond donors (Lipinski definition) is 1. The number of urea groups is 1. The number of rotatable bonds is 4. The number of amides is 2. The number of nitrogens with zero attached hydrogens (tertiary/aromatic N) is 1. The van der Waals surface area contributed by atoms with Crippen LogP contribution in [-0.2, 0) is 16.0 Å². The Bertz CT molecular complexity index is 502. The van der Waals surface area contributed by atoms with Crippen LogP contribution in [0.25, 0.3) is 0 Å². The summed E-state index contributed by atoms with van der Waals surface area (Å²) in [6.07, 6.45) is -0.0349. The third-order valence-corrected chi connectivity index (χ3v) is 3.97. The van der Waals surface area contributed by atoms with E-state index in [2.05, 4.69) is 38.2 Å². The minimum Gasteiger partial charge on any atom is -0.376 e. The van der Waals surface area contributed by atoms with Crippen LogP contribution in [0.2, 0.25) is 0 Å². The number of ether oxygens (including phenoxy) is 2. The lowest BCUT2D eigenvalue weighted by Crippen LogP contribution is -2.44. The molecule has 1 aliphatic rings. The fourth-order valence-electron chi connectivity index (χ4n) is 2.82. The average molecular weight is 306 g/mol. The van der Waals surface area contributed by atoms with Crippen LogP contribution in [-0.4, -0.2) is 50.4 Å². The van der Waals surface area contributed by atoms with Gasteiger partial charge in [-0.25, -0.2) is 4.79 Å². The van der Waals surface area contributed by atoms with Crippen LogP contribution in [0.3, 0.4) is 0 Å². The molecule has 0 spiro atoms. The molecule has 1 atom stereocenters. The topological polar surface area (TPSA) is 50.8 Å². The molecule has 1 N–H and O–H groups in total. The molecule has 0 saturated carbocycles. The van der Waals surface area contributed by atoms with Gasteiger partial charge in [-0.2, -0.15) is 0 Å². The molecule has 1 fully saturated rings. The van der Waals surface area contributed by atoms with Gasteiger partial charge in [0.2, 0.25) is 0 Å². The Kier molecular flexibility index (Phi) is 5.80. The Morgan fingerprint density at radius 2 is 1.95 bits per heavy atom. The van der Waals surface area contributed by atoms with E-state index in [-0.39, 0.29) is 12.1 Å². The summed E-state index contributed by atoms with van der Waals surface area (Å²) in [6, 6.07) is 4.20. The number of carbonyl (C=O) groups is 1. The fourth-order valence-corrected chi connectivity index (χ4v) is 2.82. The lowest BCUT2D eigenvalue weighted by Gasteiger charge is -2.27. The van der Waals surface area contributed by atoms with Gasteiger partial charge >= 0.3 is 6.03 Å². The SMILES string of the molecule is Cc1cc(C)c(CNC(=O)N(C)CC2COCCO2)c(C)c1. The van der Waals surface area contributed by atoms with E-state index >= 15 is 0 Å². The molecule has 0 aliphatic carbocycles. The molecule has 122 valence electrons. The predicted octanol–water partition coefficient (Wildman–Crippen LogP) is 2.17. The molecule has 1 aromatic rings. The van der Waals surface area contributed by atoms with Crippen LogP contribution in [0.5, 0.6) is 0 Å². The summed E-state index contributed by atoms with van der Waals surface area (Å²) in [6.45, 7) is 9.12. The van der Waals surface area contributed by atoms with Crippen molar-refractivity contribution >= 4 is 6.03 Å². The zero-order chi connectivity index (χ0) is 16.1. The molecule has 1 aromatic carbocycles. The second-order valence-electron chi connectivity index (χ2n) is 5.98. The number of aryl methyl sites for hydroxylation is 3. The molecule has 5 heteroatoms. The zero-order valence-corrected chi connectivity index (χ0v) is 13.9. The molecule has 1 aliphatic heterocycles. The summed E-state index contributed by atoms with van der Waals surface area (Å²) < 4.78 is 10.9. The molecule has 5 nitrogen and oxygen atoms in total. The number of hydrogen-bond acceptors (Lipinski definition) is 3. The second kappa shape index (κ2) is 7.61. The van der Waals surface area contributed by atoms with Crippen molar-refractivity contribution in [2.75, 3.05) is 33.4 Å². The van der Waals surface area contributed by atoms with E-state index in [1.54, 1.807) is 11.9 Å². The van der Waals surface area contributed by atoms with Crippen molar-refractivity contribution in [2.45, 2.75) is 33.4 Å². The molecule has 1 unspecified atom stereocenters. The molecule has 0 aromatic heterocycles. The van der Waals surface area contributed by atoms with Gasteiger partial charge in [0.15, 0.2) is 0 Å². The smallest absolute Gasteiger partial charge is 0.317 e. The van der Waals surface area contributed by atoms with Crippen LogP contribution < -0.4 is 5.32 Å². The second-order valence-corrected chi connectivity index (χ2v) is 5.98. The van der Waals surface area contributed by atoms with Gasteiger partial charge in [0.25, 0.3) is 0 Å². The predicted molar refractivity (Wildman–Crippen MR) is 86.1 cm³/mol. The molecule has 1 saturated heterocycles. The molecule has 1 heterocycles. The summed E-state index contributed by atoms with van der Waals surface area (Å²) in [7, 11) is 1.78. The van der Waals surface area contributed by atoms with Gasteiger partial charge in [0, 0.05) is 13.6 Å². The Morgan fingerprint density at radius 1 is 1.27 bits per heavy atom. The van der Waals surface area contributed by atoms with Crippen LogP contribution >= 0.6 is 0 Å². The van der Waals surface area contributed by atoms with E-state index in [4.69, 9.17) is 9.47 Å². The van der Waals surface area contributed by atoms with E-state index in [9.17, 15) is 4.79 Å². The van der Waals surface area contributed by atoms with E-state index in [1.807, 2.05) is 0 Å². The lowest BCUT2D eigenvalue weighted by molar-refractivity contribution is -0.0928. The van der Waals surface area contributed by atoms with E-state index in [0.29, 0.717) is 32.9 Å². The monoisotopic (exact) mass is 306 g/mol. The van der Waals surface area contributed by atoms with Crippen LogP contribution in [0, 0.1) is 20.8 Å². The van der Waals surface area contributed by atoms with Crippen molar-refractivity contribution in [1.82, 2.24) is 10.2 Å². The molecule has 2 rings (SSSR count). The highest BCUT2D eigenvalue weighted by Gasteiger charge is 2.19. The van der Waals surface area contributed by atoms with Crippen molar-refractivity contribution in [3.63, 3.8) is 0 Å². The maximum atomic E-state index is 12.2. The van der Waals surface area contributed by atoms with E-state index in [1.165, 1.54) is 22.3 Å². The van der Waals surface area contributed by atoms with Gasteiger partial charge in [0.1, 0.15) is 0 Å². The average Bonchev–Trinajstić information content (AvgIpc) is 2.46. The minimum absolute atomic E-state index is 0.0349. The van der Waals surface area contributed by atoms with Crippen molar-refractivity contribution < 1.29 is 14.3 Å². The summed E-state index contributed by atoms with van der Waals surface area (Å²) in [5.74, 6) is 0. The Labute approximate surface area is 132 Å². The van der Waals surface area contributed by atoms with Gasteiger partial charge < -0.3 is 19.7 Å². The van der Waals surface area contributed by atoms with Crippen molar-refractivity contribution in [1.29, 1.82) is 0 Å². The highest BCUT2D eigenvalue weighted by atomic mass is 16.6. The molecular formula is C17H26N2O3. The first-order chi connectivity index (χ1) is 10.5. The molecule has 0 radical (unpaired) electrons. The molecule has 0 bridgehead atoms. The van der Waals surface area contributed by atoms with Gasteiger partial charge in [-0.3, -0.25) is 0 Å². The Balaban J connectivity index is 1.86. The van der Waals surface area contributed by atoms with Crippen molar-refractivity contribution in [3.05, 3.63) is 34.4 Å². The quantitative estimate of drug-likeness (QED) is 0.927. The summed E-state index contributed by atoms with van der Waals surface area (Å²) in [5.41, 5.74) is 4.86. The van der Waals surface area contributed by atoms with Crippen LogP contribution in [0.15, 0.2) is 12.1 Å². The number of likely N-dealkylation sites (N-methyl/N-ethyl adjacent to an activating group) is 1. The van der Waals surface area contributed by atoms with Gasteiger partial charge in [-0.15, -0.1) is 0 Å². The van der Waals surface area contributed by atoms with Crippen molar-refractivity contribution in [2.24, 2.45) is 0 Å². The molecule has 22 heavy (non-hydrogen) atoms. The van der Waals surface area contributed by atoms with Gasteiger partial charge in [-0.05, 0) is 37.5 Å². The first-order valence-electron chi connectivity index (χ1n) is 7.72. The molecular weight excluding hydrogens is 280 g/mol. The van der Waals surface area contributed by atoms with Crippen molar-refractivity contribution in [3.8, 4) is 0 Å². The number of nitrogens with one attached hydrogen (secondary N) is 1. The van der Waals surface area contributed by atoms with Crippen LogP contribution in [0.1, 0.15) is 22.3 Å². The summed E-state index contributed by atoms with van der Waals surface area (Å²) in [5, 5.41) is 2.98. The maximum Gasteiger partial charge on any atom is 0.317 e. The Morgan fingerprint density at radius 3 is 2.55 bits per heavy atom. The third-order valence-electron chi connectivity index (χ3n) is 3.97. The first-order valence-corrected chi connectivity index (χ1v) is 7.72. The largest absolute Gasteiger partial charge is 0.376 e. The number of benzene rings is 1. The van der Waals surface area contributed by atoms with Gasteiger partial charge in [0.05, 0.1) is 32.5 Å². The minimum atomic E-state index is -0.0893. The summed E-state index contributed by atoms with van der Waals surface area (Å²) >= 11 is 0. The van der Waals surface area contributed by atoms with Crippen LogP contribution in [0.4, 0.5) is 4.79 Å². The highest BCUT2D eigenvalue weighted by Crippen LogP contribution is 2.16. The van der Waals surface area contributed by atoms with Gasteiger partial charge in [-0.1, -0.05) is 17.7 Å². The highest BCUT2D eigenvalue weighted by molar-refractivity contribution is 5.74.